The first-order valence-corrected chi connectivity index (χ1v) is 7.48. The molecule has 1 heterocycles. The zero-order chi connectivity index (χ0) is 6.74. The lowest BCUT2D eigenvalue weighted by Gasteiger charge is -2.28. The molecule has 0 N–H and O–H groups in total. The molecule has 0 aromatic heterocycles. The normalized spacial score (nSPS) is 26.0. The maximum atomic E-state index is 5.88. The van der Waals surface area contributed by atoms with Crippen LogP contribution in [0, 0.1) is 0 Å². The highest BCUT2D eigenvalue weighted by molar-refractivity contribution is 6.84. The van der Waals surface area contributed by atoms with Gasteiger partial charge in [-0.25, -0.2) is 0 Å². The average molecular weight is 163 g/mol. The third kappa shape index (κ3) is 1.97. The van der Waals surface area contributed by atoms with E-state index in [4.69, 9.17) is 11.6 Å². The molecule has 1 aliphatic heterocycles. The summed E-state index contributed by atoms with van der Waals surface area (Å²) in [4.78, 5) is 0. The van der Waals surface area contributed by atoms with Gasteiger partial charge in [0.1, 0.15) is 0 Å². The van der Waals surface area contributed by atoms with Gasteiger partial charge >= 0.3 is 0 Å². The molecule has 9 heavy (non-hydrogen) atoms. The lowest BCUT2D eigenvalue weighted by Crippen LogP contribution is -2.34. The second-order valence-corrected chi connectivity index (χ2v) is 9.20. The summed E-state index contributed by atoms with van der Waals surface area (Å²) in [5.74, 6) is 0. The summed E-state index contributed by atoms with van der Waals surface area (Å²) in [7, 11) is -0.845. The summed E-state index contributed by atoms with van der Waals surface area (Å²) in [5.41, 5.74) is 0.993. The number of halogens is 1. The molecule has 54 valence electrons. The molecule has 0 bridgehead atoms. The van der Waals surface area contributed by atoms with Gasteiger partial charge in [0.15, 0.2) is 0 Å². The maximum Gasteiger partial charge on any atom is 0.0670 e. The SMILES string of the molecule is C[Si]1(CCl)CCCCC1. The largest absolute Gasteiger partial charge is 0.130 e. The molecule has 0 nitrogen and oxygen atoms in total. The van der Waals surface area contributed by atoms with Crippen LogP contribution in [-0.4, -0.2) is 13.6 Å². The first kappa shape index (κ1) is 7.61. The van der Waals surface area contributed by atoms with Gasteiger partial charge in [0.05, 0.1) is 8.07 Å². The van der Waals surface area contributed by atoms with Gasteiger partial charge in [0, 0.05) is 5.50 Å². The summed E-state index contributed by atoms with van der Waals surface area (Å²) in [6.07, 6.45) is 4.37. The van der Waals surface area contributed by atoms with Crippen LogP contribution in [-0.2, 0) is 0 Å². The van der Waals surface area contributed by atoms with Crippen LogP contribution in [0.25, 0.3) is 0 Å². The van der Waals surface area contributed by atoms with Crippen molar-refractivity contribution < 1.29 is 0 Å². The monoisotopic (exact) mass is 162 g/mol. The standard InChI is InChI=1S/C7H15ClSi/c1-9(7-8)5-3-2-4-6-9/h2-7H2,1H3. The van der Waals surface area contributed by atoms with Gasteiger partial charge in [-0.1, -0.05) is 37.9 Å². The Bertz CT molecular complexity index is 86.9. The van der Waals surface area contributed by atoms with Gasteiger partial charge < -0.3 is 0 Å². The van der Waals surface area contributed by atoms with Gasteiger partial charge in [0.2, 0.25) is 0 Å². The van der Waals surface area contributed by atoms with E-state index in [1.165, 1.54) is 31.4 Å². The Hall–Kier alpha value is 0.507. The fourth-order valence-corrected chi connectivity index (χ4v) is 5.07. The van der Waals surface area contributed by atoms with Crippen molar-refractivity contribution in [2.75, 3.05) is 5.50 Å². The fraction of sp³-hybridized carbons (Fsp3) is 1.00. The van der Waals surface area contributed by atoms with E-state index in [1.54, 1.807) is 0 Å². The van der Waals surface area contributed by atoms with Crippen molar-refractivity contribution in [3.05, 3.63) is 0 Å². The first-order valence-electron chi connectivity index (χ1n) is 3.83. The Kier molecular flexibility index (Phi) is 2.59. The average Bonchev–Trinajstić information content (AvgIpc) is 1.90. The molecule has 0 spiro atoms. The molecule has 0 aliphatic carbocycles. The number of alkyl halides is 1. The van der Waals surface area contributed by atoms with Crippen molar-refractivity contribution in [2.45, 2.75) is 37.9 Å². The lowest BCUT2D eigenvalue weighted by atomic mass is 10.3. The molecule has 1 fully saturated rings. The van der Waals surface area contributed by atoms with Crippen molar-refractivity contribution in [3.8, 4) is 0 Å². The van der Waals surface area contributed by atoms with E-state index in [0.29, 0.717) is 0 Å². The third-order valence-corrected chi connectivity index (χ3v) is 8.09. The van der Waals surface area contributed by atoms with Crippen molar-refractivity contribution >= 4 is 19.7 Å². The second-order valence-electron chi connectivity index (χ2n) is 3.50. The summed E-state index contributed by atoms with van der Waals surface area (Å²) >= 11 is 5.88. The second kappa shape index (κ2) is 3.06. The van der Waals surface area contributed by atoms with Crippen molar-refractivity contribution in [2.24, 2.45) is 0 Å². The quantitative estimate of drug-likeness (QED) is 0.411. The van der Waals surface area contributed by atoms with Gasteiger partial charge in [-0.15, -0.1) is 11.6 Å². The van der Waals surface area contributed by atoms with E-state index in [0.717, 1.165) is 5.50 Å². The van der Waals surface area contributed by atoms with Crippen LogP contribution in [0.4, 0.5) is 0 Å². The van der Waals surface area contributed by atoms with E-state index in [2.05, 4.69) is 6.55 Å². The Morgan fingerprint density at radius 3 is 2.11 bits per heavy atom. The molecule has 1 saturated heterocycles. The molecule has 0 atom stereocenters. The highest BCUT2D eigenvalue weighted by Crippen LogP contribution is 2.28. The molecule has 0 aromatic carbocycles. The molecular formula is C7H15ClSi. The van der Waals surface area contributed by atoms with E-state index in [1.807, 2.05) is 0 Å². The molecule has 1 aliphatic rings. The van der Waals surface area contributed by atoms with E-state index in [-0.39, 0.29) is 0 Å². The number of rotatable bonds is 1. The predicted molar refractivity (Wildman–Crippen MR) is 45.8 cm³/mol. The number of hydrogen-bond acceptors (Lipinski definition) is 0. The Morgan fingerprint density at radius 1 is 1.22 bits per heavy atom. The summed E-state index contributed by atoms with van der Waals surface area (Å²) in [6, 6.07) is 2.97. The Labute approximate surface area is 63.6 Å². The van der Waals surface area contributed by atoms with E-state index >= 15 is 0 Å². The van der Waals surface area contributed by atoms with Gasteiger partial charge in [-0.05, 0) is 0 Å². The zero-order valence-electron chi connectivity index (χ0n) is 6.12. The van der Waals surface area contributed by atoms with Crippen molar-refractivity contribution in [3.63, 3.8) is 0 Å². The van der Waals surface area contributed by atoms with Gasteiger partial charge in [-0.3, -0.25) is 0 Å². The summed E-state index contributed by atoms with van der Waals surface area (Å²) < 4.78 is 0. The van der Waals surface area contributed by atoms with Crippen LogP contribution >= 0.6 is 11.6 Å². The molecule has 1 rings (SSSR count). The molecule has 0 amide bonds. The molecule has 0 saturated carbocycles. The molecular weight excluding hydrogens is 148 g/mol. The minimum absolute atomic E-state index is 0.845. The van der Waals surface area contributed by atoms with Gasteiger partial charge in [0.25, 0.3) is 0 Å². The minimum Gasteiger partial charge on any atom is -0.130 e. The maximum absolute atomic E-state index is 5.88. The topological polar surface area (TPSA) is 0 Å². The predicted octanol–water partition coefficient (Wildman–Crippen LogP) is 3.03. The van der Waals surface area contributed by atoms with Crippen LogP contribution < -0.4 is 0 Å². The van der Waals surface area contributed by atoms with Crippen molar-refractivity contribution in [1.29, 1.82) is 0 Å². The summed E-state index contributed by atoms with van der Waals surface area (Å²) in [6.45, 7) is 2.44. The summed E-state index contributed by atoms with van der Waals surface area (Å²) in [5, 5.41) is 0. The van der Waals surface area contributed by atoms with Crippen molar-refractivity contribution in [1.82, 2.24) is 0 Å². The lowest BCUT2D eigenvalue weighted by molar-refractivity contribution is 0.712. The molecule has 0 radical (unpaired) electrons. The van der Waals surface area contributed by atoms with E-state index in [9.17, 15) is 0 Å². The smallest absolute Gasteiger partial charge is 0.0670 e. The van der Waals surface area contributed by atoms with E-state index < -0.39 is 8.07 Å². The highest BCUT2D eigenvalue weighted by atomic mass is 35.5. The van der Waals surface area contributed by atoms with Crippen LogP contribution in [0.5, 0.6) is 0 Å². The number of hydrogen-bond donors (Lipinski definition) is 0. The van der Waals surface area contributed by atoms with Crippen LogP contribution in [0.15, 0.2) is 0 Å². The zero-order valence-corrected chi connectivity index (χ0v) is 7.88. The Morgan fingerprint density at radius 2 is 1.78 bits per heavy atom. The van der Waals surface area contributed by atoms with Crippen LogP contribution in [0.2, 0.25) is 18.6 Å². The molecule has 2 heteroatoms. The molecule has 0 aromatic rings. The van der Waals surface area contributed by atoms with Gasteiger partial charge in [-0.2, -0.15) is 0 Å². The first-order chi connectivity index (χ1) is 4.27. The minimum atomic E-state index is -0.845. The van der Waals surface area contributed by atoms with Crippen LogP contribution in [0.3, 0.4) is 0 Å². The highest BCUT2D eigenvalue weighted by Gasteiger charge is 2.27. The molecule has 0 unspecified atom stereocenters. The third-order valence-electron chi connectivity index (χ3n) is 2.38. The fourth-order valence-electron chi connectivity index (χ4n) is 1.54. The Balaban J connectivity index is 2.37. The van der Waals surface area contributed by atoms with Crippen LogP contribution in [0.1, 0.15) is 19.3 Å².